The van der Waals surface area contributed by atoms with Gasteiger partial charge in [-0.3, -0.25) is 5.10 Å². The Morgan fingerprint density at radius 3 is 2.81 bits per heavy atom. The highest BCUT2D eigenvalue weighted by molar-refractivity contribution is 7.99. The molecule has 160 valence electrons. The first-order chi connectivity index (χ1) is 14.9. The highest BCUT2D eigenvalue weighted by atomic mass is 35.5. The summed E-state index contributed by atoms with van der Waals surface area (Å²) in [4.78, 5) is 12.4. The molecular formula is C19H14ClF2N5O3S. The summed E-state index contributed by atoms with van der Waals surface area (Å²) in [6, 6.07) is 4.45. The number of H-pyrrole nitrogens is 1. The number of thioether (sulfide) groups is 1. The van der Waals surface area contributed by atoms with Crippen LogP contribution in [0, 0.1) is 11.6 Å². The summed E-state index contributed by atoms with van der Waals surface area (Å²) >= 11 is 7.55. The SMILES string of the molecule is OCC(O)CSc1cc(-c2n[nH]c3nc(Oc4ccc(F)cc4F)ncc23)c(Cl)cn1. The number of aromatic nitrogens is 5. The van der Waals surface area contributed by atoms with Crippen LogP contribution in [0.4, 0.5) is 8.78 Å². The largest absolute Gasteiger partial charge is 0.421 e. The molecule has 0 spiro atoms. The van der Waals surface area contributed by atoms with Gasteiger partial charge in [0.2, 0.25) is 0 Å². The van der Waals surface area contributed by atoms with E-state index in [1.165, 1.54) is 24.2 Å². The zero-order chi connectivity index (χ0) is 22.0. The van der Waals surface area contributed by atoms with Crippen LogP contribution < -0.4 is 4.74 Å². The maximum Gasteiger partial charge on any atom is 0.324 e. The van der Waals surface area contributed by atoms with Crippen LogP contribution in [-0.4, -0.2) is 53.8 Å². The predicted molar refractivity (Wildman–Crippen MR) is 110 cm³/mol. The highest BCUT2D eigenvalue weighted by Crippen LogP contribution is 2.34. The maximum atomic E-state index is 13.8. The lowest BCUT2D eigenvalue weighted by Gasteiger charge is -2.08. The second-order valence-electron chi connectivity index (χ2n) is 6.31. The molecule has 3 heterocycles. The van der Waals surface area contributed by atoms with E-state index in [9.17, 15) is 13.9 Å². The van der Waals surface area contributed by atoms with Crippen LogP contribution in [0.25, 0.3) is 22.3 Å². The number of nitrogens with one attached hydrogen (secondary N) is 1. The van der Waals surface area contributed by atoms with Crippen molar-refractivity contribution in [3.63, 3.8) is 0 Å². The number of ether oxygens (including phenoxy) is 1. The minimum atomic E-state index is -0.881. The number of hydrogen-bond donors (Lipinski definition) is 3. The van der Waals surface area contributed by atoms with Gasteiger partial charge in [0.25, 0.3) is 0 Å². The normalized spacial score (nSPS) is 12.3. The first-order valence-electron chi connectivity index (χ1n) is 8.86. The van der Waals surface area contributed by atoms with E-state index in [1.54, 1.807) is 6.07 Å². The molecule has 1 atom stereocenters. The summed E-state index contributed by atoms with van der Waals surface area (Å²) in [6.07, 6.45) is 2.03. The van der Waals surface area contributed by atoms with Crippen molar-refractivity contribution in [3.05, 3.63) is 53.3 Å². The molecule has 0 amide bonds. The number of aliphatic hydroxyl groups is 2. The zero-order valence-electron chi connectivity index (χ0n) is 15.6. The van der Waals surface area contributed by atoms with Gasteiger partial charge in [-0.1, -0.05) is 11.6 Å². The smallest absolute Gasteiger partial charge is 0.324 e. The monoisotopic (exact) mass is 465 g/mol. The third-order valence-corrected chi connectivity index (χ3v) is 5.48. The van der Waals surface area contributed by atoms with Gasteiger partial charge in [0, 0.05) is 29.8 Å². The third-order valence-electron chi connectivity index (χ3n) is 4.11. The van der Waals surface area contributed by atoms with Crippen molar-refractivity contribution >= 4 is 34.4 Å². The van der Waals surface area contributed by atoms with Gasteiger partial charge >= 0.3 is 6.01 Å². The van der Waals surface area contributed by atoms with Crippen molar-refractivity contribution < 1.29 is 23.7 Å². The van der Waals surface area contributed by atoms with E-state index in [4.69, 9.17) is 21.4 Å². The summed E-state index contributed by atoms with van der Waals surface area (Å²) in [5.74, 6) is -1.56. The molecule has 12 heteroatoms. The van der Waals surface area contributed by atoms with Crippen LogP contribution >= 0.6 is 23.4 Å². The maximum absolute atomic E-state index is 13.8. The zero-order valence-corrected chi connectivity index (χ0v) is 17.2. The number of benzene rings is 1. The lowest BCUT2D eigenvalue weighted by Crippen LogP contribution is -2.14. The molecule has 0 saturated carbocycles. The second-order valence-corrected chi connectivity index (χ2v) is 7.76. The fourth-order valence-electron chi connectivity index (χ4n) is 2.62. The minimum absolute atomic E-state index is 0.150. The average molecular weight is 466 g/mol. The minimum Gasteiger partial charge on any atom is -0.421 e. The van der Waals surface area contributed by atoms with Crippen LogP contribution in [-0.2, 0) is 0 Å². The van der Waals surface area contributed by atoms with Gasteiger partial charge in [0.05, 0.1) is 28.1 Å². The van der Waals surface area contributed by atoms with Gasteiger partial charge in [0.15, 0.2) is 17.2 Å². The Morgan fingerprint density at radius 2 is 2.03 bits per heavy atom. The standard InChI is InChI=1S/C19H14ClF2N5O3S/c20-13-6-23-16(31-8-10(29)7-28)4-11(13)17-12-5-24-19(25-18(12)27-26-17)30-15-2-1-9(21)3-14(15)22/h1-6,10,28-29H,7-8H2,(H,24,25,26,27). The van der Waals surface area contributed by atoms with Gasteiger partial charge in [-0.15, -0.1) is 11.8 Å². The van der Waals surface area contributed by atoms with Crippen molar-refractivity contribution in [2.45, 2.75) is 11.1 Å². The van der Waals surface area contributed by atoms with Crippen LogP contribution in [0.2, 0.25) is 5.02 Å². The Bertz CT molecular complexity index is 1240. The molecule has 3 N–H and O–H groups in total. The summed E-state index contributed by atoms with van der Waals surface area (Å²) < 4.78 is 32.1. The Balaban J connectivity index is 1.62. The highest BCUT2D eigenvalue weighted by Gasteiger charge is 2.17. The van der Waals surface area contributed by atoms with Crippen LogP contribution in [0.3, 0.4) is 0 Å². The summed E-state index contributed by atoms with van der Waals surface area (Å²) in [7, 11) is 0. The summed E-state index contributed by atoms with van der Waals surface area (Å²) in [6.45, 7) is -0.346. The molecule has 0 saturated heterocycles. The first kappa shape index (κ1) is 21.4. The van der Waals surface area contributed by atoms with E-state index in [-0.39, 0.29) is 24.1 Å². The van der Waals surface area contributed by atoms with E-state index < -0.39 is 17.7 Å². The molecule has 31 heavy (non-hydrogen) atoms. The number of pyridine rings is 1. The average Bonchev–Trinajstić information content (AvgIpc) is 3.18. The van der Waals surface area contributed by atoms with Gasteiger partial charge in [-0.05, 0) is 18.2 Å². The number of nitrogens with zero attached hydrogens (tertiary/aromatic N) is 4. The van der Waals surface area contributed by atoms with E-state index in [0.717, 1.165) is 12.1 Å². The van der Waals surface area contributed by atoms with E-state index >= 15 is 0 Å². The van der Waals surface area contributed by atoms with Crippen molar-refractivity contribution in [2.75, 3.05) is 12.4 Å². The number of aromatic amines is 1. The summed E-state index contributed by atoms with van der Waals surface area (Å²) in [5, 5.41) is 26.9. The fourth-order valence-corrected chi connectivity index (χ4v) is 3.61. The molecule has 0 radical (unpaired) electrons. The quantitative estimate of drug-likeness (QED) is 0.354. The van der Waals surface area contributed by atoms with E-state index in [1.807, 2.05) is 0 Å². The number of fused-ring (bicyclic) bond motifs is 1. The van der Waals surface area contributed by atoms with Crippen LogP contribution in [0.15, 0.2) is 41.7 Å². The molecule has 4 rings (SSSR count). The van der Waals surface area contributed by atoms with Gasteiger partial charge in [-0.2, -0.15) is 10.1 Å². The van der Waals surface area contributed by atoms with E-state index in [0.29, 0.717) is 38.4 Å². The Labute approximate surface area is 183 Å². The van der Waals surface area contributed by atoms with Gasteiger partial charge in [-0.25, -0.2) is 18.7 Å². The first-order valence-corrected chi connectivity index (χ1v) is 10.2. The third kappa shape index (κ3) is 4.74. The molecule has 8 nitrogen and oxygen atoms in total. The molecule has 4 aromatic rings. The number of halogens is 3. The Hall–Kier alpha value is -2.86. The number of aliphatic hydroxyl groups excluding tert-OH is 2. The Morgan fingerprint density at radius 1 is 1.19 bits per heavy atom. The van der Waals surface area contributed by atoms with Crippen molar-refractivity contribution in [1.82, 2.24) is 25.1 Å². The molecule has 0 aliphatic rings. The molecule has 0 aliphatic carbocycles. The van der Waals surface area contributed by atoms with Gasteiger partial charge < -0.3 is 14.9 Å². The van der Waals surface area contributed by atoms with E-state index in [2.05, 4.69) is 25.1 Å². The Kier molecular flexibility index (Phi) is 6.28. The molecule has 0 aliphatic heterocycles. The molecule has 1 unspecified atom stereocenters. The number of rotatable bonds is 7. The second kappa shape index (κ2) is 9.10. The molecule has 1 aromatic carbocycles. The number of hydrogen-bond acceptors (Lipinski definition) is 8. The summed E-state index contributed by atoms with van der Waals surface area (Å²) in [5.41, 5.74) is 1.34. The lowest BCUT2D eigenvalue weighted by molar-refractivity contribution is 0.113. The van der Waals surface area contributed by atoms with Crippen LogP contribution in [0.1, 0.15) is 0 Å². The molecule has 3 aromatic heterocycles. The van der Waals surface area contributed by atoms with Crippen molar-refractivity contribution in [2.24, 2.45) is 0 Å². The topological polar surface area (TPSA) is 117 Å². The molecular weight excluding hydrogens is 452 g/mol. The predicted octanol–water partition coefficient (Wildman–Crippen LogP) is 3.58. The van der Waals surface area contributed by atoms with Crippen molar-refractivity contribution in [1.29, 1.82) is 0 Å². The fraction of sp³-hybridized carbons (Fsp3) is 0.158. The van der Waals surface area contributed by atoms with Gasteiger partial charge in [0.1, 0.15) is 11.5 Å². The molecule has 0 fully saturated rings. The van der Waals surface area contributed by atoms with Crippen LogP contribution in [0.5, 0.6) is 11.8 Å². The lowest BCUT2D eigenvalue weighted by atomic mass is 10.1. The van der Waals surface area contributed by atoms with Crippen molar-refractivity contribution in [3.8, 4) is 23.0 Å². The molecule has 0 bridgehead atoms.